The average molecular weight is 378 g/mol. The van der Waals surface area contributed by atoms with Crippen LogP contribution in [0.5, 0.6) is 5.75 Å². The Hall–Kier alpha value is -1.09. The number of nitrogens with one attached hydrogen (secondary N) is 1. The van der Waals surface area contributed by atoms with Crippen molar-refractivity contribution >= 4 is 15.9 Å². The van der Waals surface area contributed by atoms with Gasteiger partial charge in [0.05, 0.1) is 5.56 Å². The molecule has 0 unspecified atom stereocenters. The fourth-order valence-electron chi connectivity index (χ4n) is 4.08. The van der Waals surface area contributed by atoms with Crippen molar-refractivity contribution in [3.8, 4) is 11.8 Å². The maximum absolute atomic E-state index is 10.7. The first-order valence-corrected chi connectivity index (χ1v) is 9.38. The lowest BCUT2D eigenvalue weighted by atomic mass is 9.79. The van der Waals surface area contributed by atoms with Crippen molar-refractivity contribution in [2.75, 3.05) is 26.2 Å². The van der Waals surface area contributed by atoms with Crippen LogP contribution in [-0.2, 0) is 0 Å². The normalized spacial score (nSPS) is 21.7. The number of nitrogens with zero attached hydrogens (tertiary/aromatic N) is 2. The van der Waals surface area contributed by atoms with Gasteiger partial charge in [-0.25, -0.2) is 0 Å². The Morgan fingerprint density at radius 1 is 1.22 bits per heavy atom. The van der Waals surface area contributed by atoms with Gasteiger partial charge in [0, 0.05) is 42.3 Å². The monoisotopic (exact) mass is 377 g/mol. The average Bonchev–Trinajstić information content (AvgIpc) is 2.60. The lowest BCUT2D eigenvalue weighted by molar-refractivity contribution is 0.101. The quantitative estimate of drug-likeness (QED) is 0.845. The number of hydrogen-bond acceptors (Lipinski definition) is 4. The highest BCUT2D eigenvalue weighted by atomic mass is 79.9. The summed E-state index contributed by atoms with van der Waals surface area (Å²) >= 11 is 3.63. The number of rotatable bonds is 3. The molecule has 1 saturated heterocycles. The second kappa shape index (κ2) is 7.65. The van der Waals surface area contributed by atoms with Gasteiger partial charge in [-0.15, -0.1) is 0 Å². The number of piperazine rings is 1. The van der Waals surface area contributed by atoms with E-state index < -0.39 is 0 Å². The van der Waals surface area contributed by atoms with E-state index in [0.29, 0.717) is 11.5 Å². The summed E-state index contributed by atoms with van der Waals surface area (Å²) < 4.78 is 0.920. The standard InChI is InChI=1S/C18H24BrN3O/c19-15-7-6-14(12-20)18(23)16(15)17(13-4-2-1-3-5-13)22-10-8-21-9-11-22/h6-7,13,17,21,23H,1-5,8-11H2/t17-/m0/s1. The molecule has 124 valence electrons. The van der Waals surface area contributed by atoms with Crippen LogP contribution in [0.1, 0.15) is 49.3 Å². The van der Waals surface area contributed by atoms with Gasteiger partial charge in [-0.2, -0.15) is 5.26 Å². The summed E-state index contributed by atoms with van der Waals surface area (Å²) in [6, 6.07) is 5.92. The second-order valence-corrected chi connectivity index (χ2v) is 7.45. The molecule has 2 N–H and O–H groups in total. The maximum atomic E-state index is 10.7. The van der Waals surface area contributed by atoms with E-state index in [1.54, 1.807) is 6.07 Å². The molecule has 1 atom stereocenters. The molecule has 1 aliphatic carbocycles. The van der Waals surface area contributed by atoms with Gasteiger partial charge in [-0.05, 0) is 30.9 Å². The molecule has 0 bridgehead atoms. The molecule has 0 aromatic heterocycles. The van der Waals surface area contributed by atoms with Crippen molar-refractivity contribution in [3.05, 3.63) is 27.7 Å². The van der Waals surface area contributed by atoms with Crippen molar-refractivity contribution in [3.63, 3.8) is 0 Å². The molecule has 3 rings (SSSR count). The number of aromatic hydroxyl groups is 1. The molecule has 1 heterocycles. The van der Waals surface area contributed by atoms with E-state index >= 15 is 0 Å². The van der Waals surface area contributed by atoms with Crippen LogP contribution in [0.15, 0.2) is 16.6 Å². The zero-order valence-corrected chi connectivity index (χ0v) is 15.0. The molecule has 2 fully saturated rings. The smallest absolute Gasteiger partial charge is 0.139 e. The van der Waals surface area contributed by atoms with Crippen LogP contribution in [0, 0.1) is 17.2 Å². The van der Waals surface area contributed by atoms with Crippen LogP contribution in [0.3, 0.4) is 0 Å². The summed E-state index contributed by atoms with van der Waals surface area (Å²) in [6.45, 7) is 3.95. The third-order valence-corrected chi connectivity index (χ3v) is 5.91. The van der Waals surface area contributed by atoms with Crippen LogP contribution >= 0.6 is 15.9 Å². The molecular weight excluding hydrogens is 354 g/mol. The zero-order chi connectivity index (χ0) is 16.2. The largest absolute Gasteiger partial charge is 0.506 e. The van der Waals surface area contributed by atoms with E-state index in [2.05, 4.69) is 32.2 Å². The Balaban J connectivity index is 2.02. The van der Waals surface area contributed by atoms with Crippen LogP contribution in [0.2, 0.25) is 0 Å². The van der Waals surface area contributed by atoms with Gasteiger partial charge in [0.2, 0.25) is 0 Å². The highest BCUT2D eigenvalue weighted by molar-refractivity contribution is 9.10. The molecule has 4 nitrogen and oxygen atoms in total. The van der Waals surface area contributed by atoms with Gasteiger partial charge < -0.3 is 10.4 Å². The van der Waals surface area contributed by atoms with Crippen molar-refractivity contribution in [2.45, 2.75) is 38.1 Å². The topological polar surface area (TPSA) is 59.3 Å². The molecule has 2 aliphatic rings. The second-order valence-electron chi connectivity index (χ2n) is 6.60. The lowest BCUT2D eigenvalue weighted by Crippen LogP contribution is -2.47. The molecule has 5 heteroatoms. The lowest BCUT2D eigenvalue weighted by Gasteiger charge is -2.41. The Morgan fingerprint density at radius 3 is 2.57 bits per heavy atom. The van der Waals surface area contributed by atoms with Gasteiger partial charge in [-0.3, -0.25) is 4.90 Å². The summed E-state index contributed by atoms with van der Waals surface area (Å²) in [7, 11) is 0. The summed E-state index contributed by atoms with van der Waals surface area (Å²) in [6.07, 6.45) is 6.26. The van der Waals surface area contributed by atoms with E-state index in [1.165, 1.54) is 32.1 Å². The first-order chi connectivity index (χ1) is 11.2. The number of hydrogen-bond donors (Lipinski definition) is 2. The third-order valence-electron chi connectivity index (χ3n) is 5.22. The number of halogens is 1. The first kappa shape index (κ1) is 16.8. The van der Waals surface area contributed by atoms with Gasteiger partial charge in [0.1, 0.15) is 11.8 Å². The van der Waals surface area contributed by atoms with Crippen molar-refractivity contribution in [2.24, 2.45) is 5.92 Å². The Morgan fingerprint density at radius 2 is 1.91 bits per heavy atom. The van der Waals surface area contributed by atoms with Crippen LogP contribution in [0.25, 0.3) is 0 Å². The number of nitriles is 1. The minimum atomic E-state index is 0.163. The van der Waals surface area contributed by atoms with Gasteiger partial charge in [-0.1, -0.05) is 35.2 Å². The fraction of sp³-hybridized carbons (Fsp3) is 0.611. The molecule has 0 radical (unpaired) electrons. The predicted molar refractivity (Wildman–Crippen MR) is 94.3 cm³/mol. The molecule has 1 saturated carbocycles. The maximum Gasteiger partial charge on any atom is 0.139 e. The van der Waals surface area contributed by atoms with E-state index in [9.17, 15) is 10.4 Å². The van der Waals surface area contributed by atoms with Gasteiger partial charge in [0.25, 0.3) is 0 Å². The Bertz CT molecular complexity index is 569. The van der Waals surface area contributed by atoms with Crippen LogP contribution in [0.4, 0.5) is 0 Å². The Labute approximate surface area is 146 Å². The Kier molecular flexibility index (Phi) is 5.58. The SMILES string of the molecule is N#Cc1ccc(Br)c([C@H](C2CCCCC2)N2CCNCC2)c1O. The van der Waals surface area contributed by atoms with Gasteiger partial charge >= 0.3 is 0 Å². The minimum absolute atomic E-state index is 0.163. The number of benzene rings is 1. The van der Waals surface area contributed by atoms with E-state index in [1.807, 2.05) is 6.07 Å². The molecule has 1 aromatic carbocycles. The highest BCUT2D eigenvalue weighted by Gasteiger charge is 2.34. The molecular formula is C18H24BrN3O. The zero-order valence-electron chi connectivity index (χ0n) is 13.4. The van der Waals surface area contributed by atoms with Crippen molar-refractivity contribution in [1.29, 1.82) is 5.26 Å². The van der Waals surface area contributed by atoms with Crippen LogP contribution < -0.4 is 5.32 Å². The molecule has 0 spiro atoms. The third kappa shape index (κ3) is 3.55. The summed E-state index contributed by atoms with van der Waals surface area (Å²) in [4.78, 5) is 2.49. The van der Waals surface area contributed by atoms with E-state index in [-0.39, 0.29) is 11.8 Å². The summed E-state index contributed by atoms with van der Waals surface area (Å²) in [5.41, 5.74) is 1.29. The number of phenols is 1. The summed E-state index contributed by atoms with van der Waals surface area (Å²) in [5, 5.41) is 23.4. The molecule has 1 aliphatic heterocycles. The minimum Gasteiger partial charge on any atom is -0.506 e. The first-order valence-electron chi connectivity index (χ1n) is 8.58. The molecule has 0 amide bonds. The van der Waals surface area contributed by atoms with E-state index in [4.69, 9.17) is 0 Å². The van der Waals surface area contributed by atoms with Gasteiger partial charge in [0.15, 0.2) is 0 Å². The summed E-state index contributed by atoms with van der Waals surface area (Å²) in [5.74, 6) is 0.717. The van der Waals surface area contributed by atoms with Crippen molar-refractivity contribution < 1.29 is 5.11 Å². The highest BCUT2D eigenvalue weighted by Crippen LogP contribution is 2.45. The molecule has 23 heavy (non-hydrogen) atoms. The fourth-order valence-corrected chi connectivity index (χ4v) is 4.64. The predicted octanol–water partition coefficient (Wildman–Crippen LogP) is 3.55. The van der Waals surface area contributed by atoms with E-state index in [0.717, 1.165) is 36.2 Å². The number of phenolic OH excluding ortho intramolecular Hbond substituents is 1. The van der Waals surface area contributed by atoms with Crippen molar-refractivity contribution in [1.82, 2.24) is 10.2 Å². The molecule has 1 aromatic rings. The van der Waals surface area contributed by atoms with Crippen LogP contribution in [-0.4, -0.2) is 36.2 Å².